The fourth-order valence-corrected chi connectivity index (χ4v) is 3.82. The summed E-state index contributed by atoms with van der Waals surface area (Å²) in [6.07, 6.45) is 0. The van der Waals surface area contributed by atoms with Crippen LogP contribution in [-0.4, -0.2) is 4.98 Å². The molecule has 0 bridgehead atoms. The lowest BCUT2D eigenvalue weighted by Gasteiger charge is -2.15. The van der Waals surface area contributed by atoms with Crippen LogP contribution in [0.1, 0.15) is 0 Å². The Kier molecular flexibility index (Phi) is 3.61. The maximum Gasteiger partial charge on any atom is 0.256 e. The maximum absolute atomic E-state index is 13.1. The highest BCUT2D eigenvalue weighted by molar-refractivity contribution is 6.13. The van der Waals surface area contributed by atoms with E-state index in [1.54, 1.807) is 0 Å². The molecule has 0 atom stereocenters. The molecule has 2 heteroatoms. The molecule has 0 spiro atoms. The van der Waals surface area contributed by atoms with Crippen molar-refractivity contribution in [1.82, 2.24) is 4.98 Å². The molecule has 5 rings (SSSR count). The molecule has 1 N–H and O–H groups in total. The van der Waals surface area contributed by atoms with Crippen LogP contribution in [0.25, 0.3) is 43.9 Å². The second kappa shape index (κ2) is 6.26. The Morgan fingerprint density at radius 1 is 0.556 bits per heavy atom. The first-order valence-electron chi connectivity index (χ1n) is 9.01. The number of benzene rings is 4. The van der Waals surface area contributed by atoms with Crippen molar-refractivity contribution in [3.8, 4) is 22.4 Å². The van der Waals surface area contributed by atoms with E-state index in [2.05, 4.69) is 29.2 Å². The number of nitrogens with one attached hydrogen (secondary N) is 1. The summed E-state index contributed by atoms with van der Waals surface area (Å²) in [5.74, 6) is 0. The number of fused-ring (bicyclic) bond motifs is 3. The predicted molar refractivity (Wildman–Crippen MR) is 113 cm³/mol. The fraction of sp³-hybridized carbons (Fsp3) is 0. The molecule has 0 aliphatic carbocycles. The van der Waals surface area contributed by atoms with Gasteiger partial charge in [-0.25, -0.2) is 0 Å². The van der Waals surface area contributed by atoms with Crippen LogP contribution in [0, 0.1) is 0 Å². The third-order valence-electron chi connectivity index (χ3n) is 5.04. The number of hydrogen-bond donors (Lipinski definition) is 1. The second-order valence-electron chi connectivity index (χ2n) is 6.65. The average Bonchev–Trinajstić information content (AvgIpc) is 2.74. The van der Waals surface area contributed by atoms with Gasteiger partial charge in [0.1, 0.15) is 0 Å². The molecule has 1 aromatic heterocycles. The van der Waals surface area contributed by atoms with E-state index in [-0.39, 0.29) is 5.56 Å². The highest BCUT2D eigenvalue weighted by Gasteiger charge is 2.16. The van der Waals surface area contributed by atoms with Crippen molar-refractivity contribution in [3.05, 3.63) is 107 Å². The standard InChI is InChI=1S/C25H17NO/c27-25-23-20-14-8-7-9-17(20)15-16-21(23)22(18-10-3-1-4-11-18)24(26-25)19-12-5-2-6-13-19/h1-16H,(H,26,27). The van der Waals surface area contributed by atoms with E-state index in [1.165, 1.54) is 0 Å². The van der Waals surface area contributed by atoms with E-state index >= 15 is 0 Å². The summed E-state index contributed by atoms with van der Waals surface area (Å²) in [6.45, 7) is 0. The zero-order chi connectivity index (χ0) is 18.2. The Bertz CT molecular complexity index is 1320. The molecule has 27 heavy (non-hydrogen) atoms. The summed E-state index contributed by atoms with van der Waals surface area (Å²) in [5, 5.41) is 3.77. The van der Waals surface area contributed by atoms with E-state index in [0.717, 1.165) is 43.9 Å². The minimum Gasteiger partial charge on any atom is -0.321 e. The minimum absolute atomic E-state index is 0.0552. The van der Waals surface area contributed by atoms with Gasteiger partial charge in [-0.3, -0.25) is 4.79 Å². The van der Waals surface area contributed by atoms with Crippen LogP contribution in [0.2, 0.25) is 0 Å². The fourth-order valence-electron chi connectivity index (χ4n) is 3.82. The number of pyridine rings is 1. The van der Waals surface area contributed by atoms with Crippen LogP contribution in [0.4, 0.5) is 0 Å². The highest BCUT2D eigenvalue weighted by atomic mass is 16.1. The van der Waals surface area contributed by atoms with Crippen LogP contribution in [0.5, 0.6) is 0 Å². The molecular formula is C25H17NO. The molecule has 0 radical (unpaired) electrons. The Balaban J connectivity index is 1.99. The van der Waals surface area contributed by atoms with Gasteiger partial charge in [0, 0.05) is 5.56 Å². The van der Waals surface area contributed by atoms with E-state index in [0.29, 0.717) is 0 Å². The van der Waals surface area contributed by atoms with Crippen molar-refractivity contribution in [1.29, 1.82) is 0 Å². The van der Waals surface area contributed by atoms with Gasteiger partial charge in [-0.1, -0.05) is 97.1 Å². The van der Waals surface area contributed by atoms with Crippen LogP contribution in [-0.2, 0) is 0 Å². The lowest BCUT2D eigenvalue weighted by molar-refractivity contribution is 1.28. The smallest absolute Gasteiger partial charge is 0.256 e. The van der Waals surface area contributed by atoms with Crippen molar-refractivity contribution in [2.75, 3.05) is 0 Å². The van der Waals surface area contributed by atoms with Crippen molar-refractivity contribution < 1.29 is 0 Å². The SMILES string of the molecule is O=c1[nH]c(-c2ccccc2)c(-c2ccccc2)c2ccc3ccccc3c12. The summed E-state index contributed by atoms with van der Waals surface area (Å²) in [6, 6.07) is 32.5. The van der Waals surface area contributed by atoms with Gasteiger partial charge in [0.15, 0.2) is 0 Å². The number of rotatable bonds is 2. The van der Waals surface area contributed by atoms with Crippen LogP contribution >= 0.6 is 0 Å². The quantitative estimate of drug-likeness (QED) is 0.389. The summed E-state index contributed by atoms with van der Waals surface area (Å²) >= 11 is 0. The maximum atomic E-state index is 13.1. The Morgan fingerprint density at radius 3 is 1.93 bits per heavy atom. The zero-order valence-electron chi connectivity index (χ0n) is 14.6. The molecule has 0 amide bonds. The highest BCUT2D eigenvalue weighted by Crippen LogP contribution is 2.37. The van der Waals surface area contributed by atoms with Gasteiger partial charge >= 0.3 is 0 Å². The van der Waals surface area contributed by atoms with E-state index in [1.807, 2.05) is 72.8 Å². The molecule has 2 nitrogen and oxygen atoms in total. The number of hydrogen-bond acceptors (Lipinski definition) is 1. The topological polar surface area (TPSA) is 32.9 Å². The molecule has 0 aliphatic rings. The van der Waals surface area contributed by atoms with Crippen LogP contribution < -0.4 is 5.56 Å². The molecule has 128 valence electrons. The minimum atomic E-state index is -0.0552. The molecule has 1 heterocycles. The van der Waals surface area contributed by atoms with Gasteiger partial charge in [-0.2, -0.15) is 0 Å². The van der Waals surface area contributed by atoms with Crippen molar-refractivity contribution >= 4 is 21.5 Å². The Hall–Kier alpha value is -3.65. The molecule has 0 saturated carbocycles. The average molecular weight is 347 g/mol. The van der Waals surface area contributed by atoms with Crippen LogP contribution in [0.3, 0.4) is 0 Å². The first kappa shape index (κ1) is 15.6. The Labute approximate surface area is 156 Å². The molecular weight excluding hydrogens is 330 g/mol. The number of aromatic nitrogens is 1. The molecule has 0 fully saturated rings. The third kappa shape index (κ3) is 2.54. The molecule has 5 aromatic rings. The normalized spacial score (nSPS) is 11.1. The second-order valence-corrected chi connectivity index (χ2v) is 6.65. The van der Waals surface area contributed by atoms with Gasteiger partial charge < -0.3 is 4.98 Å². The van der Waals surface area contributed by atoms with Crippen molar-refractivity contribution in [2.24, 2.45) is 0 Å². The predicted octanol–water partition coefficient (Wildman–Crippen LogP) is 6.02. The first-order chi connectivity index (χ1) is 13.3. The number of aromatic amines is 1. The van der Waals surface area contributed by atoms with E-state index < -0.39 is 0 Å². The van der Waals surface area contributed by atoms with Gasteiger partial charge in [-0.15, -0.1) is 0 Å². The van der Waals surface area contributed by atoms with Gasteiger partial charge in [0.2, 0.25) is 0 Å². The molecule has 4 aromatic carbocycles. The Morgan fingerprint density at radius 2 is 1.19 bits per heavy atom. The number of H-pyrrole nitrogens is 1. The monoisotopic (exact) mass is 347 g/mol. The molecule has 0 saturated heterocycles. The first-order valence-corrected chi connectivity index (χ1v) is 9.01. The van der Waals surface area contributed by atoms with E-state index in [4.69, 9.17) is 0 Å². The summed E-state index contributed by atoms with van der Waals surface area (Å²) in [4.78, 5) is 16.3. The largest absolute Gasteiger partial charge is 0.321 e. The van der Waals surface area contributed by atoms with Crippen molar-refractivity contribution in [3.63, 3.8) is 0 Å². The van der Waals surface area contributed by atoms with Gasteiger partial charge in [-0.05, 0) is 27.3 Å². The summed E-state index contributed by atoms with van der Waals surface area (Å²) in [5.41, 5.74) is 3.95. The molecule has 0 unspecified atom stereocenters. The molecule has 0 aliphatic heterocycles. The van der Waals surface area contributed by atoms with Gasteiger partial charge in [0.05, 0.1) is 11.1 Å². The zero-order valence-corrected chi connectivity index (χ0v) is 14.6. The third-order valence-corrected chi connectivity index (χ3v) is 5.04. The van der Waals surface area contributed by atoms with Crippen LogP contribution in [0.15, 0.2) is 102 Å². The lowest BCUT2D eigenvalue weighted by Crippen LogP contribution is -2.10. The van der Waals surface area contributed by atoms with E-state index in [9.17, 15) is 4.79 Å². The summed E-state index contributed by atoms with van der Waals surface area (Å²) < 4.78 is 0. The van der Waals surface area contributed by atoms with Crippen molar-refractivity contribution in [2.45, 2.75) is 0 Å². The lowest BCUT2D eigenvalue weighted by atomic mass is 9.92. The van der Waals surface area contributed by atoms with Gasteiger partial charge in [0.25, 0.3) is 5.56 Å². The summed E-state index contributed by atoms with van der Waals surface area (Å²) in [7, 11) is 0.